The van der Waals surface area contributed by atoms with E-state index in [1.54, 1.807) is 24.1 Å². The van der Waals surface area contributed by atoms with Crippen LogP contribution in [0.25, 0.3) is 0 Å². The van der Waals surface area contributed by atoms with Crippen molar-refractivity contribution in [2.75, 3.05) is 11.9 Å². The number of hydrogen-bond donors (Lipinski definition) is 1. The Hall–Kier alpha value is -3.18. The summed E-state index contributed by atoms with van der Waals surface area (Å²) in [5.41, 5.74) is 2.79. The van der Waals surface area contributed by atoms with Crippen molar-refractivity contribution in [1.29, 1.82) is 0 Å². The van der Waals surface area contributed by atoms with Crippen LogP contribution in [0.15, 0.2) is 78.9 Å². The van der Waals surface area contributed by atoms with Crippen LogP contribution < -0.4 is 15.0 Å². The van der Waals surface area contributed by atoms with Crippen LogP contribution in [-0.2, 0) is 11.4 Å². The topological polar surface area (TPSA) is 41.6 Å². The Morgan fingerprint density at radius 1 is 0.964 bits per heavy atom. The number of hydrogen-bond acceptors (Lipinski definition) is 3. The minimum Gasteiger partial charge on any atom is -0.489 e. The second-order valence-electron chi connectivity index (χ2n) is 6.74. The first-order valence-electron chi connectivity index (χ1n) is 9.20. The minimum absolute atomic E-state index is 0.0245. The highest BCUT2D eigenvalue weighted by Gasteiger charge is 2.48. The normalized spacial score (nSPS) is 18.6. The Kier molecular flexibility index (Phi) is 5.08. The summed E-state index contributed by atoms with van der Waals surface area (Å²) in [7, 11) is 1.77. The predicted molar refractivity (Wildman–Crippen MR) is 107 cm³/mol. The van der Waals surface area contributed by atoms with E-state index in [2.05, 4.69) is 5.32 Å². The number of nitrogens with one attached hydrogen (secondary N) is 1. The van der Waals surface area contributed by atoms with Crippen LogP contribution in [0, 0.1) is 5.82 Å². The highest BCUT2D eigenvalue weighted by atomic mass is 19.1. The van der Waals surface area contributed by atoms with Gasteiger partial charge in [0.05, 0.1) is 6.04 Å². The van der Waals surface area contributed by atoms with E-state index in [9.17, 15) is 9.18 Å². The second kappa shape index (κ2) is 7.82. The van der Waals surface area contributed by atoms with Crippen LogP contribution in [0.3, 0.4) is 0 Å². The van der Waals surface area contributed by atoms with E-state index in [-0.39, 0.29) is 23.8 Å². The van der Waals surface area contributed by atoms with Crippen molar-refractivity contribution in [3.05, 3.63) is 95.8 Å². The molecule has 2 atom stereocenters. The molecule has 1 heterocycles. The number of carbonyl (C=O) groups is 1. The first kappa shape index (κ1) is 18.2. The van der Waals surface area contributed by atoms with Gasteiger partial charge in [-0.15, -0.1) is 0 Å². The number of ether oxygens (including phenoxy) is 1. The number of rotatable bonds is 6. The van der Waals surface area contributed by atoms with Gasteiger partial charge in [0.15, 0.2) is 0 Å². The van der Waals surface area contributed by atoms with E-state index in [1.807, 2.05) is 54.6 Å². The fraction of sp³-hybridized carbons (Fsp3) is 0.174. The molecule has 5 heteroatoms. The van der Waals surface area contributed by atoms with E-state index in [0.717, 1.165) is 16.9 Å². The van der Waals surface area contributed by atoms with Gasteiger partial charge in [-0.1, -0.05) is 42.5 Å². The highest BCUT2D eigenvalue weighted by molar-refractivity contribution is 6.05. The maximum atomic E-state index is 13.2. The predicted octanol–water partition coefficient (Wildman–Crippen LogP) is 4.08. The fourth-order valence-electron chi connectivity index (χ4n) is 3.50. The lowest BCUT2D eigenvalue weighted by Gasteiger charge is -2.47. The van der Waals surface area contributed by atoms with Gasteiger partial charge in [-0.05, 0) is 54.6 Å². The van der Waals surface area contributed by atoms with Crippen molar-refractivity contribution < 1.29 is 13.9 Å². The van der Waals surface area contributed by atoms with E-state index in [4.69, 9.17) is 4.74 Å². The van der Waals surface area contributed by atoms with Crippen LogP contribution in [0.4, 0.5) is 10.1 Å². The molecule has 3 aromatic carbocycles. The highest BCUT2D eigenvalue weighted by Crippen LogP contribution is 2.39. The molecule has 0 radical (unpaired) electrons. The van der Waals surface area contributed by atoms with Crippen molar-refractivity contribution in [3.63, 3.8) is 0 Å². The number of benzene rings is 3. The third-order valence-electron chi connectivity index (χ3n) is 4.98. The third kappa shape index (κ3) is 3.49. The summed E-state index contributed by atoms with van der Waals surface area (Å²) >= 11 is 0. The maximum absolute atomic E-state index is 13.2. The average molecular weight is 376 g/mol. The fourth-order valence-corrected chi connectivity index (χ4v) is 3.50. The van der Waals surface area contributed by atoms with Gasteiger partial charge in [0, 0.05) is 5.69 Å². The van der Waals surface area contributed by atoms with Crippen LogP contribution in [-0.4, -0.2) is 19.0 Å². The smallest absolute Gasteiger partial charge is 0.247 e. The van der Waals surface area contributed by atoms with Crippen LogP contribution >= 0.6 is 0 Å². The largest absolute Gasteiger partial charge is 0.489 e. The molecular weight excluding hydrogens is 355 g/mol. The van der Waals surface area contributed by atoms with Gasteiger partial charge >= 0.3 is 0 Å². The van der Waals surface area contributed by atoms with Crippen LogP contribution in [0.2, 0.25) is 0 Å². The Morgan fingerprint density at radius 2 is 1.64 bits per heavy atom. The van der Waals surface area contributed by atoms with E-state index >= 15 is 0 Å². The van der Waals surface area contributed by atoms with Crippen molar-refractivity contribution in [2.45, 2.75) is 18.7 Å². The molecule has 0 spiro atoms. The van der Waals surface area contributed by atoms with Gasteiger partial charge in [0.2, 0.25) is 5.91 Å². The number of halogens is 1. The lowest BCUT2D eigenvalue weighted by atomic mass is 9.87. The summed E-state index contributed by atoms with van der Waals surface area (Å²) < 4.78 is 19.1. The average Bonchev–Trinajstić information content (AvgIpc) is 2.73. The lowest BCUT2D eigenvalue weighted by molar-refractivity contribution is -0.127. The van der Waals surface area contributed by atoms with Gasteiger partial charge in [-0.3, -0.25) is 4.79 Å². The van der Waals surface area contributed by atoms with Gasteiger partial charge in [0.1, 0.15) is 24.2 Å². The first-order valence-corrected chi connectivity index (χ1v) is 9.20. The molecule has 1 amide bonds. The van der Waals surface area contributed by atoms with Gasteiger partial charge in [-0.25, -0.2) is 4.39 Å². The zero-order valence-corrected chi connectivity index (χ0v) is 15.5. The molecule has 1 N–H and O–H groups in total. The lowest BCUT2D eigenvalue weighted by Crippen LogP contribution is -2.64. The Bertz CT molecular complexity index is 943. The number of likely N-dealkylation sites (N-methyl/N-ethyl adjacent to an activating group) is 1. The maximum Gasteiger partial charge on any atom is 0.247 e. The van der Waals surface area contributed by atoms with Crippen molar-refractivity contribution in [2.24, 2.45) is 0 Å². The second-order valence-corrected chi connectivity index (χ2v) is 6.74. The van der Waals surface area contributed by atoms with Crippen molar-refractivity contribution in [1.82, 2.24) is 5.32 Å². The van der Waals surface area contributed by atoms with Gasteiger partial charge in [0.25, 0.3) is 0 Å². The van der Waals surface area contributed by atoms with E-state index in [0.29, 0.717) is 12.3 Å². The summed E-state index contributed by atoms with van der Waals surface area (Å²) in [5, 5.41) is 3.08. The number of β-lactam (4-membered cyclic amide) rings is 1. The summed E-state index contributed by atoms with van der Waals surface area (Å²) in [6.45, 7) is 0.503. The molecule has 3 aromatic rings. The van der Waals surface area contributed by atoms with Gasteiger partial charge in [-0.2, -0.15) is 0 Å². The SMILES string of the molecule is CN[C@H]1C(=O)N(c2ccc(F)cc2)[C@@H]1c1ccc(OCc2ccccc2)cc1. The molecule has 1 saturated heterocycles. The summed E-state index contributed by atoms with van der Waals surface area (Å²) in [4.78, 5) is 14.2. The number of carbonyl (C=O) groups excluding carboxylic acids is 1. The number of anilines is 1. The van der Waals surface area contributed by atoms with E-state index in [1.165, 1.54) is 12.1 Å². The molecule has 4 nitrogen and oxygen atoms in total. The molecule has 1 aliphatic rings. The molecule has 142 valence electrons. The van der Waals surface area contributed by atoms with Crippen molar-refractivity contribution >= 4 is 11.6 Å². The molecular formula is C23H21FN2O2. The van der Waals surface area contributed by atoms with E-state index < -0.39 is 0 Å². The quantitative estimate of drug-likeness (QED) is 0.659. The van der Waals surface area contributed by atoms with Gasteiger partial charge < -0.3 is 15.0 Å². The molecule has 4 rings (SSSR count). The van der Waals surface area contributed by atoms with Crippen molar-refractivity contribution in [3.8, 4) is 5.75 Å². The Labute approximate surface area is 163 Å². The molecule has 1 fully saturated rings. The molecule has 1 aliphatic heterocycles. The van der Waals surface area contributed by atoms with Crippen LogP contribution in [0.1, 0.15) is 17.2 Å². The molecule has 0 saturated carbocycles. The van der Waals surface area contributed by atoms with Crippen LogP contribution in [0.5, 0.6) is 5.75 Å². The Morgan fingerprint density at radius 3 is 2.29 bits per heavy atom. The molecule has 0 unspecified atom stereocenters. The molecule has 0 aromatic heterocycles. The molecule has 28 heavy (non-hydrogen) atoms. The first-order chi connectivity index (χ1) is 13.7. The molecule has 0 aliphatic carbocycles. The Balaban J connectivity index is 1.51. The number of nitrogens with zero attached hydrogens (tertiary/aromatic N) is 1. The summed E-state index contributed by atoms with van der Waals surface area (Å²) in [6.07, 6.45) is 0. The standard InChI is InChI=1S/C23H21FN2O2/c1-25-21-22(26(23(21)27)19-11-9-18(24)10-12-19)17-7-13-20(14-8-17)28-15-16-5-3-2-4-6-16/h2-14,21-22,25H,15H2,1H3/t21-,22-/m1/s1. The zero-order chi connectivity index (χ0) is 19.5. The summed E-state index contributed by atoms with van der Waals surface area (Å²) in [5.74, 6) is 0.425. The number of amides is 1. The summed E-state index contributed by atoms with van der Waals surface area (Å²) in [6, 6.07) is 23.3. The minimum atomic E-state index is -0.321. The monoisotopic (exact) mass is 376 g/mol. The zero-order valence-electron chi connectivity index (χ0n) is 15.5. The molecule has 0 bridgehead atoms. The third-order valence-corrected chi connectivity index (χ3v) is 4.98.